The molecule has 0 spiro atoms. The number of morpholine rings is 1. The molecule has 0 aromatic heterocycles. The highest BCUT2D eigenvalue weighted by Crippen LogP contribution is 2.23. The van der Waals surface area contributed by atoms with Crippen LogP contribution in [0, 0.1) is 0 Å². The number of piperazine rings is 1. The van der Waals surface area contributed by atoms with Crippen LogP contribution >= 0.6 is 0 Å². The maximum Gasteiger partial charge on any atom is 0.411 e. The Labute approximate surface area is 101 Å². The van der Waals surface area contributed by atoms with Gasteiger partial charge >= 0.3 is 6.09 Å². The van der Waals surface area contributed by atoms with Crippen molar-refractivity contribution < 1.29 is 19.5 Å². The zero-order valence-electron chi connectivity index (χ0n) is 10.5. The van der Waals surface area contributed by atoms with E-state index in [1.807, 2.05) is 20.8 Å². The largest absolute Gasteiger partial charge is 0.444 e. The predicted octanol–water partition coefficient (Wildman–Crippen LogP) is 0.696. The standard InChI is InChI=1S/C11H20N2O4/c1-11(2,3)17-10(14)13-8-4-12(15)5-9(13)7-16-6-8/h8-9,15H,4-7H2,1-3H3. The van der Waals surface area contributed by atoms with Gasteiger partial charge in [0, 0.05) is 13.1 Å². The summed E-state index contributed by atoms with van der Waals surface area (Å²) in [6.07, 6.45) is -0.316. The van der Waals surface area contributed by atoms with E-state index in [9.17, 15) is 10.0 Å². The molecule has 0 aromatic rings. The van der Waals surface area contributed by atoms with Gasteiger partial charge < -0.3 is 14.7 Å². The van der Waals surface area contributed by atoms with Crippen LogP contribution < -0.4 is 0 Å². The van der Waals surface area contributed by atoms with Gasteiger partial charge in [0.15, 0.2) is 0 Å². The Morgan fingerprint density at radius 2 is 1.82 bits per heavy atom. The van der Waals surface area contributed by atoms with E-state index in [1.165, 1.54) is 5.06 Å². The molecule has 6 nitrogen and oxygen atoms in total. The number of fused-ring (bicyclic) bond motifs is 2. The molecule has 98 valence electrons. The SMILES string of the molecule is CC(C)(C)OC(=O)N1C2COCC1CN(O)C2. The van der Waals surface area contributed by atoms with E-state index in [2.05, 4.69) is 0 Å². The molecular weight excluding hydrogens is 224 g/mol. The highest BCUT2D eigenvalue weighted by Gasteiger charge is 2.42. The van der Waals surface area contributed by atoms with E-state index in [-0.39, 0.29) is 18.2 Å². The third-order valence-electron chi connectivity index (χ3n) is 2.85. The molecule has 1 amide bonds. The third kappa shape index (κ3) is 2.88. The van der Waals surface area contributed by atoms with Crippen molar-refractivity contribution >= 4 is 6.09 Å². The number of hydrogen-bond acceptors (Lipinski definition) is 5. The number of hydroxylamine groups is 2. The second-order valence-electron chi connectivity index (χ2n) is 5.60. The molecule has 2 fully saturated rings. The van der Waals surface area contributed by atoms with E-state index < -0.39 is 5.60 Å². The van der Waals surface area contributed by atoms with Gasteiger partial charge in [-0.05, 0) is 20.8 Å². The third-order valence-corrected chi connectivity index (χ3v) is 2.85. The summed E-state index contributed by atoms with van der Waals surface area (Å²) in [7, 11) is 0. The Morgan fingerprint density at radius 3 is 2.29 bits per heavy atom. The molecular formula is C11H20N2O4. The molecule has 1 N–H and O–H groups in total. The fourth-order valence-electron chi connectivity index (χ4n) is 2.25. The molecule has 2 rings (SSSR count). The zero-order chi connectivity index (χ0) is 12.6. The average Bonchev–Trinajstić information content (AvgIpc) is 2.12. The zero-order valence-corrected chi connectivity index (χ0v) is 10.5. The van der Waals surface area contributed by atoms with Crippen LogP contribution in [0.15, 0.2) is 0 Å². The number of carbonyl (C=O) groups excluding carboxylic acids is 1. The van der Waals surface area contributed by atoms with Crippen molar-refractivity contribution in [1.29, 1.82) is 0 Å². The monoisotopic (exact) mass is 244 g/mol. The number of rotatable bonds is 0. The summed E-state index contributed by atoms with van der Waals surface area (Å²) in [4.78, 5) is 13.8. The molecule has 2 heterocycles. The summed E-state index contributed by atoms with van der Waals surface area (Å²) in [5.74, 6) is 0. The van der Waals surface area contributed by atoms with Crippen molar-refractivity contribution in [2.75, 3.05) is 26.3 Å². The van der Waals surface area contributed by atoms with Gasteiger partial charge in [-0.2, -0.15) is 5.06 Å². The summed E-state index contributed by atoms with van der Waals surface area (Å²) in [5, 5.41) is 10.8. The van der Waals surface area contributed by atoms with Crippen LogP contribution in [-0.2, 0) is 9.47 Å². The molecule has 2 aliphatic rings. The Hall–Kier alpha value is -0.850. The Bertz CT molecular complexity index is 288. The maximum absolute atomic E-state index is 12.1. The molecule has 2 aliphatic heterocycles. The van der Waals surface area contributed by atoms with Crippen molar-refractivity contribution in [3.63, 3.8) is 0 Å². The lowest BCUT2D eigenvalue weighted by molar-refractivity contribution is -0.184. The van der Waals surface area contributed by atoms with Crippen LogP contribution in [0.1, 0.15) is 20.8 Å². The molecule has 0 saturated carbocycles. The van der Waals surface area contributed by atoms with E-state index in [4.69, 9.17) is 9.47 Å². The molecule has 0 aliphatic carbocycles. The van der Waals surface area contributed by atoms with Gasteiger partial charge in [-0.15, -0.1) is 0 Å². The molecule has 2 unspecified atom stereocenters. The van der Waals surface area contributed by atoms with Crippen molar-refractivity contribution in [2.45, 2.75) is 38.5 Å². The molecule has 2 saturated heterocycles. The van der Waals surface area contributed by atoms with Gasteiger partial charge in [-0.25, -0.2) is 4.79 Å². The van der Waals surface area contributed by atoms with Crippen molar-refractivity contribution in [1.82, 2.24) is 9.96 Å². The number of nitrogens with zero attached hydrogens (tertiary/aromatic N) is 2. The van der Waals surface area contributed by atoms with Gasteiger partial charge in [0.1, 0.15) is 5.60 Å². The van der Waals surface area contributed by atoms with E-state index in [0.717, 1.165) is 0 Å². The molecule has 0 radical (unpaired) electrons. The van der Waals surface area contributed by atoms with Gasteiger partial charge in [0.2, 0.25) is 0 Å². The number of hydrogen-bond donors (Lipinski definition) is 1. The second-order valence-corrected chi connectivity index (χ2v) is 5.60. The van der Waals surface area contributed by atoms with Crippen molar-refractivity contribution in [3.05, 3.63) is 0 Å². The number of ether oxygens (including phenoxy) is 2. The first-order valence-corrected chi connectivity index (χ1v) is 5.90. The first-order valence-electron chi connectivity index (χ1n) is 5.90. The Morgan fingerprint density at radius 1 is 1.29 bits per heavy atom. The lowest BCUT2D eigenvalue weighted by Crippen LogP contribution is -2.66. The van der Waals surface area contributed by atoms with E-state index >= 15 is 0 Å². The maximum atomic E-state index is 12.1. The van der Waals surface area contributed by atoms with Crippen LogP contribution in [0.3, 0.4) is 0 Å². The van der Waals surface area contributed by atoms with Crippen LogP contribution in [0.2, 0.25) is 0 Å². The molecule has 2 atom stereocenters. The minimum Gasteiger partial charge on any atom is -0.444 e. The first kappa shape index (κ1) is 12.6. The van der Waals surface area contributed by atoms with Gasteiger partial charge in [-0.1, -0.05) is 0 Å². The first-order chi connectivity index (χ1) is 7.87. The van der Waals surface area contributed by atoms with Crippen LogP contribution in [-0.4, -0.2) is 65.3 Å². The smallest absolute Gasteiger partial charge is 0.411 e. The quantitative estimate of drug-likeness (QED) is 0.679. The van der Waals surface area contributed by atoms with Crippen molar-refractivity contribution in [3.8, 4) is 0 Å². The molecule has 17 heavy (non-hydrogen) atoms. The average molecular weight is 244 g/mol. The van der Waals surface area contributed by atoms with Gasteiger partial charge in [0.05, 0.1) is 25.3 Å². The number of amides is 1. The van der Waals surface area contributed by atoms with Gasteiger partial charge in [0.25, 0.3) is 0 Å². The lowest BCUT2D eigenvalue weighted by Gasteiger charge is -2.47. The highest BCUT2D eigenvalue weighted by molar-refractivity contribution is 5.69. The van der Waals surface area contributed by atoms with Crippen LogP contribution in [0.5, 0.6) is 0 Å². The summed E-state index contributed by atoms with van der Waals surface area (Å²) < 4.78 is 10.8. The van der Waals surface area contributed by atoms with Crippen molar-refractivity contribution in [2.24, 2.45) is 0 Å². The normalized spacial score (nSPS) is 30.2. The predicted molar refractivity (Wildman–Crippen MR) is 59.8 cm³/mol. The minimum atomic E-state index is -0.497. The fourth-order valence-corrected chi connectivity index (χ4v) is 2.25. The summed E-state index contributed by atoms with van der Waals surface area (Å²) in [5.41, 5.74) is -0.497. The Balaban J connectivity index is 2.07. The van der Waals surface area contributed by atoms with Crippen LogP contribution in [0.25, 0.3) is 0 Å². The fraction of sp³-hybridized carbons (Fsp3) is 0.909. The lowest BCUT2D eigenvalue weighted by atomic mass is 10.1. The minimum absolute atomic E-state index is 0.123. The summed E-state index contributed by atoms with van der Waals surface area (Å²) in [6, 6.07) is -0.246. The molecule has 6 heteroatoms. The Kier molecular flexibility index (Phi) is 3.29. The molecule has 2 bridgehead atoms. The number of carbonyl (C=O) groups is 1. The summed E-state index contributed by atoms with van der Waals surface area (Å²) >= 11 is 0. The molecule has 0 aromatic carbocycles. The van der Waals surface area contributed by atoms with Crippen LogP contribution in [0.4, 0.5) is 4.79 Å². The highest BCUT2D eigenvalue weighted by atomic mass is 16.6. The van der Waals surface area contributed by atoms with E-state index in [0.29, 0.717) is 26.3 Å². The summed E-state index contributed by atoms with van der Waals surface area (Å²) in [6.45, 7) is 7.27. The van der Waals surface area contributed by atoms with Gasteiger partial charge in [-0.3, -0.25) is 4.90 Å². The second kappa shape index (κ2) is 4.44. The topological polar surface area (TPSA) is 62.2 Å². The van der Waals surface area contributed by atoms with E-state index in [1.54, 1.807) is 4.90 Å².